The van der Waals surface area contributed by atoms with Gasteiger partial charge in [-0.25, -0.2) is 0 Å². The Hall–Kier alpha value is -1.65. The molecule has 0 aromatic rings. The molecule has 0 aromatic heterocycles. The van der Waals surface area contributed by atoms with Gasteiger partial charge in [-0.15, -0.1) is 0 Å². The van der Waals surface area contributed by atoms with E-state index in [1.807, 2.05) is 6.92 Å². The molecule has 1 saturated carbocycles. The van der Waals surface area contributed by atoms with Crippen molar-refractivity contribution in [3.8, 4) is 0 Å². The van der Waals surface area contributed by atoms with Crippen LogP contribution in [0.2, 0.25) is 0 Å². The van der Waals surface area contributed by atoms with Crippen molar-refractivity contribution in [1.29, 1.82) is 0 Å². The smallest absolute Gasteiger partial charge is 0.317 e. The summed E-state index contributed by atoms with van der Waals surface area (Å²) >= 11 is 0. The van der Waals surface area contributed by atoms with Gasteiger partial charge in [0.15, 0.2) is 11.6 Å². The molecule has 22 heavy (non-hydrogen) atoms. The number of allylic oxidation sites excluding steroid dienone is 2. The van der Waals surface area contributed by atoms with E-state index in [4.69, 9.17) is 4.74 Å². The Morgan fingerprint density at radius 2 is 1.86 bits per heavy atom. The van der Waals surface area contributed by atoms with Crippen LogP contribution in [0, 0.1) is 11.3 Å². The summed E-state index contributed by atoms with van der Waals surface area (Å²) in [7, 11) is 1.28. The summed E-state index contributed by atoms with van der Waals surface area (Å²) in [5.41, 5.74) is 0.338. The van der Waals surface area contributed by atoms with Crippen LogP contribution in [0.5, 0.6) is 0 Å². The molecule has 1 aliphatic carbocycles. The van der Waals surface area contributed by atoms with Crippen LogP contribution in [0.25, 0.3) is 0 Å². The number of hydrogen-bond acceptors (Lipinski definition) is 5. The fraction of sp³-hybridized carbons (Fsp3) is 0.706. The lowest BCUT2D eigenvalue weighted by Crippen LogP contribution is -2.47. The Morgan fingerprint density at radius 1 is 1.27 bits per heavy atom. The lowest BCUT2D eigenvalue weighted by Gasteiger charge is -2.37. The predicted octanol–water partition coefficient (Wildman–Crippen LogP) is 2.10. The van der Waals surface area contributed by atoms with Crippen LogP contribution in [0.4, 0.5) is 0 Å². The molecule has 0 spiro atoms. The zero-order valence-electron chi connectivity index (χ0n) is 13.9. The molecule has 0 radical (unpaired) electrons. The van der Waals surface area contributed by atoms with Gasteiger partial charge in [-0.2, -0.15) is 0 Å². The van der Waals surface area contributed by atoms with E-state index in [0.717, 1.165) is 31.6 Å². The maximum absolute atomic E-state index is 12.9. The van der Waals surface area contributed by atoms with Gasteiger partial charge < -0.3 is 9.64 Å². The molecule has 1 atom stereocenters. The molecule has 2 aliphatic rings. The van der Waals surface area contributed by atoms with Crippen LogP contribution in [-0.4, -0.2) is 42.6 Å². The molecule has 0 bridgehead atoms. The van der Waals surface area contributed by atoms with E-state index in [9.17, 15) is 14.4 Å². The number of likely N-dealkylation sites (tertiary alicyclic amines) is 1. The highest BCUT2D eigenvalue weighted by atomic mass is 16.5. The topological polar surface area (TPSA) is 63.7 Å². The number of Topliss-reactive ketones (excluding diaryl/α,β-unsaturated/α-hetero) is 2. The quantitative estimate of drug-likeness (QED) is 0.346. The van der Waals surface area contributed by atoms with Gasteiger partial charge in [0.1, 0.15) is 5.92 Å². The molecule has 2 fully saturated rings. The van der Waals surface area contributed by atoms with Gasteiger partial charge in [0.2, 0.25) is 0 Å². The van der Waals surface area contributed by atoms with Crippen LogP contribution in [0.1, 0.15) is 46.5 Å². The third kappa shape index (κ3) is 2.81. The number of ketones is 2. The highest BCUT2D eigenvalue weighted by molar-refractivity contribution is 6.27. The van der Waals surface area contributed by atoms with Crippen molar-refractivity contribution in [2.45, 2.75) is 46.5 Å². The minimum atomic E-state index is -0.894. The normalized spacial score (nSPS) is 27.1. The molecular formula is C17H25NO4. The Bertz CT molecular complexity index is 527. The average molecular weight is 307 g/mol. The van der Waals surface area contributed by atoms with E-state index < -0.39 is 17.3 Å². The first-order valence-electron chi connectivity index (χ1n) is 7.96. The Balaban J connectivity index is 2.48. The number of esters is 1. The van der Waals surface area contributed by atoms with E-state index >= 15 is 0 Å². The molecule has 1 aliphatic heterocycles. The molecule has 1 saturated heterocycles. The summed E-state index contributed by atoms with van der Waals surface area (Å²) in [5.74, 6) is -1.94. The first-order valence-corrected chi connectivity index (χ1v) is 7.96. The summed E-state index contributed by atoms with van der Waals surface area (Å²) < 4.78 is 4.81. The zero-order chi connectivity index (χ0) is 16.5. The average Bonchev–Trinajstić information content (AvgIpc) is 2.95. The molecular weight excluding hydrogens is 282 g/mol. The number of ether oxygens (including phenoxy) is 1. The molecule has 0 amide bonds. The monoisotopic (exact) mass is 307 g/mol. The number of hydrogen-bond donors (Lipinski definition) is 0. The predicted molar refractivity (Wildman–Crippen MR) is 82.0 cm³/mol. The first-order chi connectivity index (χ1) is 10.3. The standard InChI is InChI=1S/C17H25NO4/c1-5-11(18-8-6-7-9-18)13-12(19)10-17(2,3)14(15(13)20)16(21)22-4/h14H,5-10H2,1-4H3/b13-11-/t14-/m0/s1. The van der Waals surface area contributed by atoms with Crippen molar-refractivity contribution in [1.82, 2.24) is 4.90 Å². The van der Waals surface area contributed by atoms with E-state index in [1.165, 1.54) is 7.11 Å². The van der Waals surface area contributed by atoms with Crippen LogP contribution in [0.15, 0.2) is 11.3 Å². The van der Waals surface area contributed by atoms with Crippen molar-refractivity contribution in [3.05, 3.63) is 11.3 Å². The van der Waals surface area contributed by atoms with Crippen molar-refractivity contribution in [2.24, 2.45) is 11.3 Å². The molecule has 0 aromatic carbocycles. The second-order valence-corrected chi connectivity index (χ2v) is 6.78. The minimum absolute atomic E-state index is 0.140. The maximum atomic E-state index is 12.9. The third-order valence-corrected chi connectivity index (χ3v) is 4.73. The Labute approximate surface area is 131 Å². The molecule has 5 nitrogen and oxygen atoms in total. The lowest BCUT2D eigenvalue weighted by molar-refractivity contribution is -0.155. The SMILES string of the molecule is CC/C(=C1\C(=O)CC(C)(C)[C@H](C(=O)OC)C1=O)N1CCCC1. The largest absolute Gasteiger partial charge is 0.468 e. The second-order valence-electron chi connectivity index (χ2n) is 6.78. The highest BCUT2D eigenvalue weighted by Gasteiger charge is 2.50. The molecule has 2 rings (SSSR count). The minimum Gasteiger partial charge on any atom is -0.468 e. The molecule has 1 heterocycles. The number of nitrogens with zero attached hydrogens (tertiary/aromatic N) is 1. The van der Waals surface area contributed by atoms with E-state index in [1.54, 1.807) is 13.8 Å². The first kappa shape index (κ1) is 16.7. The van der Waals surface area contributed by atoms with Gasteiger partial charge in [0.05, 0.1) is 12.7 Å². The van der Waals surface area contributed by atoms with Crippen LogP contribution in [-0.2, 0) is 19.1 Å². The molecule has 122 valence electrons. The van der Waals surface area contributed by atoms with Gasteiger partial charge in [0.25, 0.3) is 0 Å². The maximum Gasteiger partial charge on any atom is 0.317 e. The van der Waals surface area contributed by atoms with E-state index in [0.29, 0.717) is 6.42 Å². The summed E-state index contributed by atoms with van der Waals surface area (Å²) in [6, 6.07) is 0. The summed E-state index contributed by atoms with van der Waals surface area (Å²) in [4.78, 5) is 39.7. The number of carbonyl (C=O) groups excluding carboxylic acids is 3. The van der Waals surface area contributed by atoms with Gasteiger partial charge in [-0.1, -0.05) is 20.8 Å². The van der Waals surface area contributed by atoms with Gasteiger partial charge in [0, 0.05) is 25.2 Å². The summed E-state index contributed by atoms with van der Waals surface area (Å²) in [6.07, 6.45) is 2.97. The van der Waals surface area contributed by atoms with E-state index in [-0.39, 0.29) is 23.6 Å². The van der Waals surface area contributed by atoms with Gasteiger partial charge in [-0.05, 0) is 24.7 Å². The van der Waals surface area contributed by atoms with Crippen LogP contribution < -0.4 is 0 Å². The van der Waals surface area contributed by atoms with Crippen molar-refractivity contribution in [3.63, 3.8) is 0 Å². The molecule has 0 unspecified atom stereocenters. The Morgan fingerprint density at radius 3 is 2.36 bits per heavy atom. The Kier molecular flexibility index (Phi) is 4.73. The molecule has 0 N–H and O–H groups in total. The number of carbonyl (C=O) groups is 3. The summed E-state index contributed by atoms with van der Waals surface area (Å²) in [6.45, 7) is 7.26. The van der Waals surface area contributed by atoms with Crippen molar-refractivity contribution < 1.29 is 19.1 Å². The fourth-order valence-corrected chi connectivity index (χ4v) is 3.63. The summed E-state index contributed by atoms with van der Waals surface area (Å²) in [5, 5.41) is 0. The second kappa shape index (κ2) is 6.23. The zero-order valence-corrected chi connectivity index (χ0v) is 13.9. The number of methoxy groups -OCH3 is 1. The van der Waals surface area contributed by atoms with Crippen LogP contribution >= 0.6 is 0 Å². The fourth-order valence-electron chi connectivity index (χ4n) is 3.63. The van der Waals surface area contributed by atoms with Gasteiger partial charge >= 0.3 is 5.97 Å². The molecule has 5 heteroatoms. The van der Waals surface area contributed by atoms with Crippen LogP contribution in [0.3, 0.4) is 0 Å². The van der Waals surface area contributed by atoms with Gasteiger partial charge in [-0.3, -0.25) is 14.4 Å². The van der Waals surface area contributed by atoms with E-state index in [2.05, 4.69) is 4.90 Å². The third-order valence-electron chi connectivity index (χ3n) is 4.73. The number of rotatable bonds is 3. The highest BCUT2D eigenvalue weighted by Crippen LogP contribution is 2.41. The van der Waals surface area contributed by atoms with Crippen molar-refractivity contribution >= 4 is 17.5 Å². The van der Waals surface area contributed by atoms with Crippen molar-refractivity contribution in [2.75, 3.05) is 20.2 Å². The lowest BCUT2D eigenvalue weighted by atomic mass is 9.65.